The first-order chi connectivity index (χ1) is 16.9. The zero-order chi connectivity index (χ0) is 24.9. The van der Waals surface area contributed by atoms with Gasteiger partial charge in [-0.2, -0.15) is 0 Å². The third-order valence-corrected chi connectivity index (χ3v) is 6.24. The number of nitrogens with one attached hydrogen (secondary N) is 1. The first kappa shape index (κ1) is 24.0. The molecule has 0 radical (unpaired) electrons. The summed E-state index contributed by atoms with van der Waals surface area (Å²) in [5.74, 6) is -0.269. The Morgan fingerprint density at radius 2 is 1.77 bits per heavy atom. The van der Waals surface area contributed by atoms with Crippen LogP contribution in [0.5, 0.6) is 5.75 Å². The molecule has 0 aliphatic rings. The molecule has 4 aromatic rings. The van der Waals surface area contributed by atoms with Crippen LogP contribution in [-0.4, -0.2) is 44.6 Å². The first-order valence-electron chi connectivity index (χ1n) is 10.8. The number of para-hydroxylation sites is 2. The van der Waals surface area contributed by atoms with Crippen LogP contribution in [0.15, 0.2) is 71.9 Å². The number of amides is 1. The number of anilines is 1. The Labute approximate surface area is 207 Å². The Balaban J connectivity index is 1.64. The van der Waals surface area contributed by atoms with Crippen molar-refractivity contribution in [2.75, 3.05) is 18.2 Å². The molecule has 0 aliphatic carbocycles. The minimum atomic E-state index is -0.532. The molecule has 1 aromatic heterocycles. The fourth-order valence-corrected chi connectivity index (χ4v) is 4.42. The second kappa shape index (κ2) is 10.4. The van der Waals surface area contributed by atoms with Crippen molar-refractivity contribution in [1.29, 1.82) is 0 Å². The number of ether oxygens (including phenoxy) is 1. The third kappa shape index (κ3) is 5.20. The van der Waals surface area contributed by atoms with E-state index < -0.39 is 5.97 Å². The standard InChI is InChI=1S/C26H24N4O4S/c1-16-12-13-21(17(2)14-16)30-24(19-9-5-7-11-22(19)31)28-29-26(30)35-15-23(32)27-20-10-6-4-8-18(20)25(33)34-3/h4-14,31H,15H2,1-3H3,(H,27,32). The number of phenolic OH excluding ortho intramolecular Hbond substituents is 1. The van der Waals surface area contributed by atoms with E-state index in [9.17, 15) is 14.7 Å². The van der Waals surface area contributed by atoms with Crippen LogP contribution in [0.2, 0.25) is 0 Å². The summed E-state index contributed by atoms with van der Waals surface area (Å²) in [6.45, 7) is 4.00. The van der Waals surface area contributed by atoms with Crippen LogP contribution >= 0.6 is 11.8 Å². The molecule has 0 saturated heterocycles. The van der Waals surface area contributed by atoms with E-state index in [-0.39, 0.29) is 23.0 Å². The number of aromatic hydroxyl groups is 1. The van der Waals surface area contributed by atoms with Gasteiger partial charge in [-0.05, 0) is 49.7 Å². The SMILES string of the molecule is COC(=O)c1ccccc1NC(=O)CSc1nnc(-c2ccccc2O)n1-c1ccc(C)cc1C. The van der Waals surface area contributed by atoms with Gasteiger partial charge in [0.15, 0.2) is 11.0 Å². The number of methoxy groups -OCH3 is 1. The molecule has 1 heterocycles. The Hall–Kier alpha value is -4.11. The quantitative estimate of drug-likeness (QED) is 0.285. The van der Waals surface area contributed by atoms with E-state index >= 15 is 0 Å². The molecule has 0 atom stereocenters. The molecule has 1 amide bonds. The zero-order valence-electron chi connectivity index (χ0n) is 19.5. The molecule has 9 heteroatoms. The molecular formula is C26H24N4O4S. The lowest BCUT2D eigenvalue weighted by Gasteiger charge is -2.14. The van der Waals surface area contributed by atoms with Gasteiger partial charge in [0.1, 0.15) is 5.75 Å². The number of aryl methyl sites for hydroxylation is 2. The molecule has 0 spiro atoms. The molecule has 178 valence electrons. The van der Waals surface area contributed by atoms with Crippen molar-refractivity contribution in [3.8, 4) is 22.8 Å². The lowest BCUT2D eigenvalue weighted by molar-refractivity contribution is -0.113. The number of hydrogen-bond donors (Lipinski definition) is 2. The number of benzene rings is 3. The highest BCUT2D eigenvalue weighted by Crippen LogP contribution is 2.33. The van der Waals surface area contributed by atoms with Crippen LogP contribution in [-0.2, 0) is 9.53 Å². The maximum absolute atomic E-state index is 12.8. The molecule has 35 heavy (non-hydrogen) atoms. The third-order valence-electron chi connectivity index (χ3n) is 5.31. The Bertz CT molecular complexity index is 1400. The van der Waals surface area contributed by atoms with E-state index in [1.165, 1.54) is 18.9 Å². The van der Waals surface area contributed by atoms with Crippen LogP contribution in [0.3, 0.4) is 0 Å². The topological polar surface area (TPSA) is 106 Å². The molecule has 4 rings (SSSR count). The summed E-state index contributed by atoms with van der Waals surface area (Å²) in [5, 5.41) is 22.4. The highest BCUT2D eigenvalue weighted by molar-refractivity contribution is 7.99. The van der Waals surface area contributed by atoms with Crippen LogP contribution in [0, 0.1) is 13.8 Å². The second-order valence-electron chi connectivity index (χ2n) is 7.82. The molecular weight excluding hydrogens is 464 g/mol. The van der Waals surface area contributed by atoms with Crippen LogP contribution in [0.25, 0.3) is 17.1 Å². The van der Waals surface area contributed by atoms with Crippen molar-refractivity contribution < 1.29 is 19.4 Å². The highest BCUT2D eigenvalue weighted by Gasteiger charge is 2.21. The summed E-state index contributed by atoms with van der Waals surface area (Å²) in [7, 11) is 1.29. The fraction of sp³-hybridized carbons (Fsp3) is 0.154. The highest BCUT2D eigenvalue weighted by atomic mass is 32.2. The lowest BCUT2D eigenvalue weighted by atomic mass is 10.1. The number of carbonyl (C=O) groups excluding carboxylic acids is 2. The maximum atomic E-state index is 12.8. The number of hydrogen-bond acceptors (Lipinski definition) is 7. The van der Waals surface area contributed by atoms with Crippen LogP contribution < -0.4 is 5.32 Å². The molecule has 2 N–H and O–H groups in total. The molecule has 0 bridgehead atoms. The summed E-state index contributed by atoms with van der Waals surface area (Å²) in [5.41, 5.74) is 4.13. The second-order valence-corrected chi connectivity index (χ2v) is 8.77. The number of carbonyl (C=O) groups is 2. The number of thioether (sulfide) groups is 1. The van der Waals surface area contributed by atoms with Gasteiger partial charge in [-0.15, -0.1) is 10.2 Å². The predicted molar refractivity (Wildman–Crippen MR) is 135 cm³/mol. The van der Waals surface area contributed by atoms with Gasteiger partial charge in [0.05, 0.1) is 35.4 Å². The maximum Gasteiger partial charge on any atom is 0.339 e. The van der Waals surface area contributed by atoms with Gasteiger partial charge < -0.3 is 15.2 Å². The summed E-state index contributed by atoms with van der Waals surface area (Å²) in [6, 6.07) is 19.6. The molecule has 0 saturated carbocycles. The Morgan fingerprint density at radius 3 is 2.51 bits per heavy atom. The molecule has 0 fully saturated rings. The van der Waals surface area contributed by atoms with E-state index in [0.717, 1.165) is 16.8 Å². The normalized spacial score (nSPS) is 10.7. The minimum Gasteiger partial charge on any atom is -0.507 e. The van der Waals surface area contributed by atoms with E-state index in [1.54, 1.807) is 42.5 Å². The van der Waals surface area contributed by atoms with Gasteiger partial charge in [0, 0.05) is 0 Å². The van der Waals surface area contributed by atoms with Crippen LogP contribution in [0.4, 0.5) is 5.69 Å². The molecule has 0 aliphatic heterocycles. The smallest absolute Gasteiger partial charge is 0.339 e. The van der Waals surface area contributed by atoms with Crippen molar-refractivity contribution >= 4 is 29.3 Å². The van der Waals surface area contributed by atoms with Crippen molar-refractivity contribution in [2.45, 2.75) is 19.0 Å². The van der Waals surface area contributed by atoms with Crippen LogP contribution in [0.1, 0.15) is 21.5 Å². The van der Waals surface area contributed by atoms with Gasteiger partial charge in [0.2, 0.25) is 5.91 Å². The monoisotopic (exact) mass is 488 g/mol. The number of aromatic nitrogens is 3. The predicted octanol–water partition coefficient (Wildman–Crippen LogP) is 4.77. The number of phenols is 1. The molecule has 8 nitrogen and oxygen atoms in total. The lowest BCUT2D eigenvalue weighted by Crippen LogP contribution is -2.17. The van der Waals surface area contributed by atoms with Gasteiger partial charge in [-0.1, -0.05) is 53.7 Å². The zero-order valence-corrected chi connectivity index (χ0v) is 20.3. The summed E-state index contributed by atoms with van der Waals surface area (Å²) in [6.07, 6.45) is 0. The van der Waals surface area contributed by atoms with Crippen molar-refractivity contribution in [3.05, 3.63) is 83.4 Å². The van der Waals surface area contributed by atoms with Crippen molar-refractivity contribution in [3.63, 3.8) is 0 Å². The average Bonchev–Trinajstić information content (AvgIpc) is 3.26. The molecule has 3 aromatic carbocycles. The van der Waals surface area contributed by atoms with E-state index in [2.05, 4.69) is 21.6 Å². The number of esters is 1. The van der Waals surface area contributed by atoms with Gasteiger partial charge in [-0.25, -0.2) is 4.79 Å². The Kier molecular flexibility index (Phi) is 7.17. The van der Waals surface area contributed by atoms with Gasteiger partial charge >= 0.3 is 5.97 Å². The summed E-state index contributed by atoms with van der Waals surface area (Å²) < 4.78 is 6.63. The summed E-state index contributed by atoms with van der Waals surface area (Å²) in [4.78, 5) is 24.8. The summed E-state index contributed by atoms with van der Waals surface area (Å²) >= 11 is 1.20. The fourth-order valence-electron chi connectivity index (χ4n) is 3.67. The van der Waals surface area contributed by atoms with Crippen molar-refractivity contribution in [1.82, 2.24) is 14.8 Å². The first-order valence-corrected chi connectivity index (χ1v) is 11.8. The van der Waals surface area contributed by atoms with E-state index in [0.29, 0.717) is 22.2 Å². The van der Waals surface area contributed by atoms with Crippen molar-refractivity contribution in [2.24, 2.45) is 0 Å². The van der Waals surface area contributed by atoms with Gasteiger partial charge in [0.25, 0.3) is 0 Å². The largest absolute Gasteiger partial charge is 0.507 e. The van der Waals surface area contributed by atoms with E-state index in [1.807, 2.05) is 36.6 Å². The minimum absolute atomic E-state index is 0.0271. The number of nitrogens with zero attached hydrogens (tertiary/aromatic N) is 3. The number of rotatable bonds is 7. The van der Waals surface area contributed by atoms with Gasteiger partial charge in [-0.3, -0.25) is 9.36 Å². The average molecular weight is 489 g/mol. The molecule has 0 unspecified atom stereocenters. The Morgan fingerprint density at radius 1 is 1.03 bits per heavy atom. The van der Waals surface area contributed by atoms with E-state index in [4.69, 9.17) is 4.74 Å².